The first kappa shape index (κ1) is 24.7. The summed E-state index contributed by atoms with van der Waals surface area (Å²) in [4.78, 5) is 8.79. The second-order valence-electron chi connectivity index (χ2n) is 9.69. The van der Waals surface area contributed by atoms with Gasteiger partial charge in [-0.2, -0.15) is 72.2 Å². The molecular formula is C30H28N4PtSi. The van der Waals surface area contributed by atoms with Crippen molar-refractivity contribution < 1.29 is 21.1 Å². The zero-order valence-corrected chi connectivity index (χ0v) is 24.1. The van der Waals surface area contributed by atoms with Gasteiger partial charge in [-0.15, -0.1) is 11.4 Å². The molecule has 0 fully saturated rings. The average molecular weight is 668 g/mol. The van der Waals surface area contributed by atoms with Crippen molar-refractivity contribution in [2.45, 2.75) is 13.1 Å². The molecule has 182 valence electrons. The van der Waals surface area contributed by atoms with Gasteiger partial charge in [-0.1, -0.05) is 37.4 Å². The van der Waals surface area contributed by atoms with E-state index in [1.54, 1.807) is 0 Å². The van der Waals surface area contributed by atoms with E-state index in [1.165, 1.54) is 33.1 Å². The van der Waals surface area contributed by atoms with Gasteiger partial charge in [-0.25, -0.2) is 0 Å². The van der Waals surface area contributed by atoms with E-state index in [0.29, 0.717) is 0 Å². The number of anilines is 6. The summed E-state index contributed by atoms with van der Waals surface area (Å²) < 4.78 is 0. The molecule has 0 bridgehead atoms. The minimum absolute atomic E-state index is 0. The summed E-state index contributed by atoms with van der Waals surface area (Å²) in [6.45, 7) is 9.05. The zero-order valence-electron chi connectivity index (χ0n) is 20.8. The van der Waals surface area contributed by atoms with Crippen LogP contribution >= 0.6 is 0 Å². The molecule has 0 spiro atoms. The van der Waals surface area contributed by atoms with Gasteiger partial charge in [0, 0.05) is 22.7 Å². The van der Waals surface area contributed by atoms with Crippen LogP contribution in [0.5, 0.6) is 0 Å². The zero-order chi connectivity index (χ0) is 24.2. The van der Waals surface area contributed by atoms with Gasteiger partial charge < -0.3 is 19.6 Å². The van der Waals surface area contributed by atoms with Crippen LogP contribution in [-0.2, 0) is 21.1 Å². The molecule has 0 saturated carbocycles. The molecule has 6 heteroatoms. The van der Waals surface area contributed by atoms with Crippen molar-refractivity contribution in [3.05, 3.63) is 110 Å². The molecule has 0 unspecified atom stereocenters. The molecule has 4 aromatic rings. The summed E-state index contributed by atoms with van der Waals surface area (Å²) >= 11 is 0. The van der Waals surface area contributed by atoms with Crippen LogP contribution < -0.4 is 30.0 Å². The van der Waals surface area contributed by atoms with E-state index in [1.807, 2.05) is 0 Å². The molecule has 2 heterocycles. The summed E-state index contributed by atoms with van der Waals surface area (Å²) in [5.41, 5.74) is 6.92. The third-order valence-electron chi connectivity index (χ3n) is 7.05. The third kappa shape index (κ3) is 4.05. The maximum Gasteiger partial charge on any atom is 4.00 e. The largest absolute Gasteiger partial charge is 4.00 e. The Kier molecular flexibility index (Phi) is 6.48. The Labute approximate surface area is 230 Å². The molecule has 2 aliphatic heterocycles. The summed E-state index contributed by atoms with van der Waals surface area (Å²) in [7, 11) is 2.12. The molecule has 0 atom stereocenters. The average Bonchev–Trinajstić information content (AvgIpc) is 3.41. The van der Waals surface area contributed by atoms with Gasteiger partial charge in [0.1, 0.15) is 0 Å². The Morgan fingerprint density at radius 2 is 0.944 bits per heavy atom. The van der Waals surface area contributed by atoms with E-state index in [0.717, 1.165) is 11.4 Å². The first-order chi connectivity index (χ1) is 16.9. The fourth-order valence-corrected chi connectivity index (χ4v) is 7.18. The fraction of sp³-hybridized carbons (Fsp3) is 0.133. The SMILES string of the molecule is CN1[CH-]N(c2[c-]c([Si](C)(C)c3[c-]c(N4[CH-]N(C)c5ccccc54)ccc3)ccc2)c2ccccc21.[Pt+4]. The molecule has 0 amide bonds. The molecule has 0 aliphatic carbocycles. The van der Waals surface area contributed by atoms with E-state index >= 15 is 0 Å². The Bertz CT molecular complexity index is 1300. The van der Waals surface area contributed by atoms with Crippen LogP contribution in [0.2, 0.25) is 13.1 Å². The van der Waals surface area contributed by atoms with Crippen LogP contribution in [0, 0.1) is 25.5 Å². The smallest absolute Gasteiger partial charge is 0.504 e. The molecule has 0 radical (unpaired) electrons. The van der Waals surface area contributed by atoms with Crippen LogP contribution in [-0.4, -0.2) is 22.2 Å². The molecule has 2 aliphatic rings. The van der Waals surface area contributed by atoms with Crippen molar-refractivity contribution in [3.8, 4) is 0 Å². The minimum atomic E-state index is -2.06. The van der Waals surface area contributed by atoms with Crippen molar-refractivity contribution in [3.63, 3.8) is 0 Å². The van der Waals surface area contributed by atoms with E-state index in [2.05, 4.69) is 157 Å². The van der Waals surface area contributed by atoms with Crippen molar-refractivity contribution in [1.82, 2.24) is 0 Å². The summed E-state index contributed by atoms with van der Waals surface area (Å²) in [5.74, 6) is 0. The van der Waals surface area contributed by atoms with Gasteiger partial charge in [0.25, 0.3) is 0 Å². The maximum absolute atomic E-state index is 3.78. The standard InChI is InChI=1S/C30H28N4Si.Pt/c1-31-21-33(29-17-7-5-15-27(29)31)23-11-9-13-25(19-23)35(3,4)26-14-10-12-24(20-26)34-22-32(2)28-16-6-8-18-30(28)34;/h5-18,21-22H,1-4H3;/q-4;+4. The van der Waals surface area contributed by atoms with Gasteiger partial charge in [0.2, 0.25) is 0 Å². The van der Waals surface area contributed by atoms with Gasteiger partial charge in [-0.05, 0) is 38.4 Å². The molecule has 6 rings (SSSR count). The first-order valence-electron chi connectivity index (χ1n) is 11.9. The Morgan fingerprint density at radius 3 is 1.36 bits per heavy atom. The molecule has 0 N–H and O–H groups in total. The molecule has 4 aromatic carbocycles. The number of nitrogens with zero attached hydrogens (tertiary/aromatic N) is 4. The first-order valence-corrected chi connectivity index (χ1v) is 14.9. The van der Waals surface area contributed by atoms with Crippen molar-refractivity contribution in [2.75, 3.05) is 33.7 Å². The van der Waals surface area contributed by atoms with Crippen LogP contribution in [0.4, 0.5) is 34.1 Å². The van der Waals surface area contributed by atoms with Gasteiger partial charge in [-0.3, -0.25) is 0 Å². The number of hydrogen-bond donors (Lipinski definition) is 0. The molecule has 36 heavy (non-hydrogen) atoms. The van der Waals surface area contributed by atoms with E-state index in [4.69, 9.17) is 0 Å². The van der Waals surface area contributed by atoms with Crippen molar-refractivity contribution in [2.24, 2.45) is 0 Å². The Hall–Kier alpha value is -3.01. The number of benzene rings is 4. The molecule has 0 aromatic heterocycles. The van der Waals surface area contributed by atoms with Gasteiger partial charge >= 0.3 is 21.1 Å². The monoisotopic (exact) mass is 667 g/mol. The van der Waals surface area contributed by atoms with Crippen LogP contribution in [0.3, 0.4) is 0 Å². The van der Waals surface area contributed by atoms with Gasteiger partial charge in [0.05, 0.1) is 8.07 Å². The predicted octanol–water partition coefficient (Wildman–Crippen LogP) is 5.52. The second-order valence-corrected chi connectivity index (χ2v) is 14.0. The fourth-order valence-electron chi connectivity index (χ4n) is 4.98. The minimum Gasteiger partial charge on any atom is -0.504 e. The predicted molar refractivity (Wildman–Crippen MR) is 150 cm³/mol. The van der Waals surface area contributed by atoms with E-state index in [9.17, 15) is 0 Å². The van der Waals surface area contributed by atoms with Crippen LogP contribution in [0.15, 0.2) is 84.9 Å². The molecule has 4 nitrogen and oxygen atoms in total. The summed E-state index contributed by atoms with van der Waals surface area (Å²) in [5, 5.41) is 2.54. The summed E-state index contributed by atoms with van der Waals surface area (Å²) in [6, 6.07) is 37.6. The number of hydrogen-bond acceptors (Lipinski definition) is 4. The number of rotatable bonds is 4. The molecule has 0 saturated heterocycles. The number of fused-ring (bicyclic) bond motifs is 2. The van der Waals surface area contributed by atoms with E-state index in [-0.39, 0.29) is 21.1 Å². The van der Waals surface area contributed by atoms with Crippen molar-refractivity contribution in [1.29, 1.82) is 0 Å². The quantitative estimate of drug-likeness (QED) is 0.210. The van der Waals surface area contributed by atoms with Crippen LogP contribution in [0.1, 0.15) is 0 Å². The second kappa shape index (κ2) is 9.46. The van der Waals surface area contributed by atoms with E-state index < -0.39 is 8.07 Å². The Balaban J connectivity index is 0.00000267. The topological polar surface area (TPSA) is 13.0 Å². The van der Waals surface area contributed by atoms with Gasteiger partial charge in [0.15, 0.2) is 0 Å². The Morgan fingerprint density at radius 1 is 0.556 bits per heavy atom. The summed E-state index contributed by atoms with van der Waals surface area (Å²) in [6.07, 6.45) is 0. The number of para-hydroxylation sites is 4. The van der Waals surface area contributed by atoms with Crippen molar-refractivity contribution >= 4 is 52.6 Å². The normalized spacial score (nSPS) is 14.6. The third-order valence-corrected chi connectivity index (χ3v) is 10.3. The molecular weight excluding hydrogens is 640 g/mol. The van der Waals surface area contributed by atoms with Crippen LogP contribution in [0.25, 0.3) is 0 Å². The maximum atomic E-state index is 3.78.